The quantitative estimate of drug-likeness (QED) is 0.756. The molecule has 0 saturated carbocycles. The number of methoxy groups -OCH3 is 1. The van der Waals surface area contributed by atoms with Crippen molar-refractivity contribution in [2.45, 2.75) is 18.9 Å². The van der Waals surface area contributed by atoms with E-state index >= 15 is 0 Å². The van der Waals surface area contributed by atoms with E-state index in [1.165, 1.54) is 0 Å². The molecule has 2 aromatic rings. The van der Waals surface area contributed by atoms with E-state index in [9.17, 15) is 0 Å². The third kappa shape index (κ3) is 3.77. The molecule has 0 radical (unpaired) electrons. The summed E-state index contributed by atoms with van der Waals surface area (Å²) in [6.45, 7) is 2.46. The average Bonchev–Trinajstić information content (AvgIpc) is 2.53. The molecule has 0 aliphatic rings. The van der Waals surface area contributed by atoms with Crippen molar-refractivity contribution in [3.63, 3.8) is 0 Å². The molecule has 0 unspecified atom stereocenters. The van der Waals surface area contributed by atoms with Crippen molar-refractivity contribution in [1.29, 1.82) is 5.26 Å². The van der Waals surface area contributed by atoms with Gasteiger partial charge in [-0.3, -0.25) is 0 Å². The third-order valence-electron chi connectivity index (χ3n) is 3.27. The molecule has 2 rings (SSSR count). The Balaban J connectivity index is 2.15. The number of halogens is 1. The van der Waals surface area contributed by atoms with E-state index in [1.807, 2.05) is 43.3 Å². The Morgan fingerprint density at radius 1 is 1.14 bits per heavy atom. The van der Waals surface area contributed by atoms with Crippen molar-refractivity contribution in [2.24, 2.45) is 0 Å². The van der Waals surface area contributed by atoms with E-state index in [0.717, 1.165) is 28.2 Å². The zero-order valence-corrected chi connectivity index (χ0v) is 13.6. The normalized spacial score (nSPS) is 10.0. The molecule has 0 atom stereocenters. The van der Waals surface area contributed by atoms with Gasteiger partial charge in [0, 0.05) is 10.9 Å². The lowest BCUT2D eigenvalue weighted by Crippen LogP contribution is -2.00. The van der Waals surface area contributed by atoms with Gasteiger partial charge in [0.15, 0.2) is 0 Å². The molecule has 2 aromatic carbocycles. The maximum atomic E-state index is 8.88. The smallest absolute Gasteiger partial charge is 0.124 e. The average molecular weight is 346 g/mol. The lowest BCUT2D eigenvalue weighted by Gasteiger charge is -2.13. The Morgan fingerprint density at radius 3 is 2.57 bits per heavy atom. The SMILES string of the molecule is COc1ccc(OCc2ccc(C#N)cc2C)c(CBr)c1. The van der Waals surface area contributed by atoms with Gasteiger partial charge in [-0.2, -0.15) is 5.26 Å². The first-order chi connectivity index (χ1) is 10.2. The van der Waals surface area contributed by atoms with Gasteiger partial charge in [-0.25, -0.2) is 0 Å². The molecule has 0 aliphatic heterocycles. The molecule has 0 aliphatic carbocycles. The highest BCUT2D eigenvalue weighted by Crippen LogP contribution is 2.27. The van der Waals surface area contributed by atoms with Crippen LogP contribution in [-0.4, -0.2) is 7.11 Å². The van der Waals surface area contributed by atoms with Gasteiger partial charge in [0.25, 0.3) is 0 Å². The Morgan fingerprint density at radius 2 is 1.95 bits per heavy atom. The van der Waals surface area contributed by atoms with Gasteiger partial charge >= 0.3 is 0 Å². The van der Waals surface area contributed by atoms with Crippen LogP contribution >= 0.6 is 15.9 Å². The van der Waals surface area contributed by atoms with E-state index in [4.69, 9.17) is 14.7 Å². The third-order valence-corrected chi connectivity index (χ3v) is 3.87. The van der Waals surface area contributed by atoms with Gasteiger partial charge in [0.2, 0.25) is 0 Å². The first-order valence-electron chi connectivity index (χ1n) is 6.53. The summed E-state index contributed by atoms with van der Waals surface area (Å²) < 4.78 is 11.1. The van der Waals surface area contributed by atoms with Gasteiger partial charge < -0.3 is 9.47 Å². The fourth-order valence-corrected chi connectivity index (χ4v) is 2.45. The van der Waals surface area contributed by atoms with E-state index in [2.05, 4.69) is 22.0 Å². The summed E-state index contributed by atoms with van der Waals surface area (Å²) in [5, 5.41) is 9.58. The van der Waals surface area contributed by atoms with Crippen molar-refractivity contribution in [3.8, 4) is 17.6 Å². The second-order valence-electron chi connectivity index (χ2n) is 4.65. The maximum absolute atomic E-state index is 8.88. The van der Waals surface area contributed by atoms with Crippen molar-refractivity contribution >= 4 is 15.9 Å². The van der Waals surface area contributed by atoms with Gasteiger partial charge in [-0.15, -0.1) is 0 Å². The minimum absolute atomic E-state index is 0.476. The predicted octanol–water partition coefficient (Wildman–Crippen LogP) is 4.35. The highest BCUT2D eigenvalue weighted by atomic mass is 79.9. The number of nitrogens with zero attached hydrogens (tertiary/aromatic N) is 1. The highest BCUT2D eigenvalue weighted by molar-refractivity contribution is 9.08. The van der Waals surface area contributed by atoms with Crippen LogP contribution in [0.5, 0.6) is 11.5 Å². The molecule has 21 heavy (non-hydrogen) atoms. The number of nitriles is 1. The number of benzene rings is 2. The zero-order valence-electron chi connectivity index (χ0n) is 12.0. The highest BCUT2D eigenvalue weighted by Gasteiger charge is 2.07. The number of hydrogen-bond donors (Lipinski definition) is 0. The Hall–Kier alpha value is -1.99. The second kappa shape index (κ2) is 7.14. The molecule has 0 N–H and O–H groups in total. The molecule has 108 valence electrons. The molecule has 0 spiro atoms. The van der Waals surface area contributed by atoms with Crippen LogP contribution in [0.15, 0.2) is 36.4 Å². The standard InChI is InChI=1S/C17H16BrNO2/c1-12-7-13(10-19)3-4-14(12)11-21-17-6-5-16(20-2)8-15(17)9-18/h3-8H,9,11H2,1-2H3. The summed E-state index contributed by atoms with van der Waals surface area (Å²) in [6, 6.07) is 13.5. The fraction of sp³-hybridized carbons (Fsp3) is 0.235. The molecule has 0 bridgehead atoms. The van der Waals surface area contributed by atoms with Crippen LogP contribution in [0.1, 0.15) is 22.3 Å². The van der Waals surface area contributed by atoms with E-state index in [0.29, 0.717) is 17.5 Å². The minimum Gasteiger partial charge on any atom is -0.497 e. The Kier molecular flexibility index (Phi) is 5.24. The molecular formula is C17H16BrNO2. The molecule has 4 heteroatoms. The Labute approximate surface area is 133 Å². The minimum atomic E-state index is 0.476. The van der Waals surface area contributed by atoms with Crippen molar-refractivity contribution < 1.29 is 9.47 Å². The summed E-state index contributed by atoms with van der Waals surface area (Å²) in [5.74, 6) is 1.64. The summed E-state index contributed by atoms with van der Waals surface area (Å²) in [6.07, 6.45) is 0. The summed E-state index contributed by atoms with van der Waals surface area (Å²) in [5.41, 5.74) is 3.84. The van der Waals surface area contributed by atoms with Crippen molar-refractivity contribution in [2.75, 3.05) is 7.11 Å². The topological polar surface area (TPSA) is 42.2 Å². The zero-order chi connectivity index (χ0) is 15.2. The molecule has 3 nitrogen and oxygen atoms in total. The van der Waals surface area contributed by atoms with Gasteiger partial charge in [-0.05, 0) is 48.4 Å². The summed E-state index contributed by atoms with van der Waals surface area (Å²) in [4.78, 5) is 0. The van der Waals surface area contributed by atoms with Gasteiger partial charge in [0.1, 0.15) is 18.1 Å². The number of aryl methyl sites for hydroxylation is 1. The predicted molar refractivity (Wildman–Crippen MR) is 85.9 cm³/mol. The van der Waals surface area contributed by atoms with Crippen LogP contribution in [0.4, 0.5) is 0 Å². The van der Waals surface area contributed by atoms with E-state index in [-0.39, 0.29) is 0 Å². The molecule has 0 amide bonds. The van der Waals surface area contributed by atoms with Crippen LogP contribution in [0.3, 0.4) is 0 Å². The molecule has 0 saturated heterocycles. The number of rotatable bonds is 5. The number of alkyl halides is 1. The van der Waals surface area contributed by atoms with Gasteiger partial charge in [0.05, 0.1) is 18.7 Å². The molecule has 0 aromatic heterocycles. The fourth-order valence-electron chi connectivity index (χ4n) is 2.01. The van der Waals surface area contributed by atoms with Crippen molar-refractivity contribution in [1.82, 2.24) is 0 Å². The second-order valence-corrected chi connectivity index (χ2v) is 5.21. The largest absolute Gasteiger partial charge is 0.497 e. The Bertz CT molecular complexity index is 677. The number of ether oxygens (including phenoxy) is 2. The van der Waals surface area contributed by atoms with Crippen LogP contribution in [0.2, 0.25) is 0 Å². The first-order valence-corrected chi connectivity index (χ1v) is 7.65. The molecular weight excluding hydrogens is 330 g/mol. The first kappa shape index (κ1) is 15.4. The molecule has 0 fully saturated rings. The maximum Gasteiger partial charge on any atom is 0.124 e. The lowest BCUT2D eigenvalue weighted by atomic mass is 10.1. The summed E-state index contributed by atoms with van der Waals surface area (Å²) in [7, 11) is 1.65. The van der Waals surface area contributed by atoms with Crippen LogP contribution in [-0.2, 0) is 11.9 Å². The van der Waals surface area contributed by atoms with E-state index in [1.54, 1.807) is 7.11 Å². The van der Waals surface area contributed by atoms with Crippen molar-refractivity contribution in [3.05, 3.63) is 58.7 Å². The van der Waals surface area contributed by atoms with Crippen LogP contribution in [0, 0.1) is 18.3 Å². The molecule has 0 heterocycles. The van der Waals surface area contributed by atoms with Crippen LogP contribution in [0.25, 0.3) is 0 Å². The van der Waals surface area contributed by atoms with Gasteiger partial charge in [-0.1, -0.05) is 22.0 Å². The number of hydrogen-bond acceptors (Lipinski definition) is 3. The lowest BCUT2D eigenvalue weighted by molar-refractivity contribution is 0.302. The van der Waals surface area contributed by atoms with E-state index < -0.39 is 0 Å². The monoisotopic (exact) mass is 345 g/mol. The van der Waals surface area contributed by atoms with Crippen LogP contribution < -0.4 is 9.47 Å². The summed E-state index contributed by atoms with van der Waals surface area (Å²) >= 11 is 3.46.